The van der Waals surface area contributed by atoms with E-state index in [4.69, 9.17) is 26.5 Å². The van der Waals surface area contributed by atoms with Gasteiger partial charge >= 0.3 is 5.97 Å². The van der Waals surface area contributed by atoms with Crippen molar-refractivity contribution in [3.05, 3.63) is 0 Å². The van der Waals surface area contributed by atoms with Crippen LogP contribution < -0.4 is 5.73 Å². The number of carbonyl (C=O) groups is 1. The molecule has 8 heavy (non-hydrogen) atoms. The highest BCUT2D eigenvalue weighted by molar-refractivity contribution is 6.40. The van der Waals surface area contributed by atoms with Crippen LogP contribution in [0.3, 0.4) is 0 Å². The zero-order valence-electron chi connectivity index (χ0n) is 4.29. The Balaban J connectivity index is 3.55. The molecule has 5 heteroatoms. The number of carboxylic acid groups (broad SMARTS) is 1. The Hall–Kier alpha value is -0.440. The third-order valence-corrected chi connectivity index (χ3v) is 0.457. The zero-order valence-corrected chi connectivity index (χ0v) is 4.29. The molecular formula is C3H5B2NO2. The molecule has 40 valence electrons. The monoisotopic (exact) mass is 109 g/mol. The quantitative estimate of drug-likeness (QED) is 0.420. The van der Waals surface area contributed by atoms with Crippen LogP contribution in [0, 0.1) is 0 Å². The minimum Gasteiger partial charge on any atom is -0.481 e. The third kappa shape index (κ3) is 5.56. The zero-order chi connectivity index (χ0) is 6.78. The summed E-state index contributed by atoms with van der Waals surface area (Å²) in [7, 11) is 9.82. The Morgan fingerprint density at radius 3 is 2.12 bits per heavy atom. The van der Waals surface area contributed by atoms with E-state index in [9.17, 15) is 4.79 Å². The van der Waals surface area contributed by atoms with Gasteiger partial charge in [0.05, 0.1) is 15.7 Å². The fourth-order valence-corrected chi connectivity index (χ4v) is 0.262. The molecular weight excluding hydrogens is 104 g/mol. The average Bonchev–Trinajstić information content (AvgIpc) is 1.21. The maximum atomic E-state index is 9.77. The minimum atomic E-state index is -1.58. The molecule has 0 fully saturated rings. The first-order valence-electron chi connectivity index (χ1n) is 2.00. The van der Waals surface area contributed by atoms with Crippen LogP contribution in [0.25, 0.3) is 0 Å². The second kappa shape index (κ2) is 2.22. The Kier molecular flexibility index (Phi) is 2.10. The van der Waals surface area contributed by atoms with E-state index in [2.05, 4.69) is 0 Å². The lowest BCUT2D eigenvalue weighted by Gasteiger charge is -2.14. The van der Waals surface area contributed by atoms with Crippen LogP contribution in [-0.4, -0.2) is 32.1 Å². The van der Waals surface area contributed by atoms with Crippen LogP contribution in [0.5, 0.6) is 0 Å². The predicted octanol–water partition coefficient (Wildman–Crippen LogP) is -1.59. The topological polar surface area (TPSA) is 63.3 Å². The SMILES string of the molecule is [B]C([B])(N)CC(=O)O. The summed E-state index contributed by atoms with van der Waals surface area (Å²) in [5.74, 6) is -1.10. The Bertz CT molecular complexity index is 97.9. The van der Waals surface area contributed by atoms with E-state index in [1.54, 1.807) is 0 Å². The summed E-state index contributed by atoms with van der Waals surface area (Å²) in [4.78, 5) is 9.77. The van der Waals surface area contributed by atoms with Gasteiger partial charge in [0, 0.05) is 6.42 Å². The molecule has 4 radical (unpaired) electrons. The lowest BCUT2D eigenvalue weighted by molar-refractivity contribution is -0.137. The molecule has 0 aliphatic carbocycles. The molecule has 0 aliphatic heterocycles. The number of aliphatic carboxylic acids is 1. The lowest BCUT2D eigenvalue weighted by atomic mass is 9.61. The molecule has 0 aromatic rings. The number of carboxylic acids is 1. The normalized spacial score (nSPS) is 11.1. The van der Waals surface area contributed by atoms with E-state index in [0.29, 0.717) is 0 Å². The fraction of sp³-hybridized carbons (Fsp3) is 0.667. The van der Waals surface area contributed by atoms with Gasteiger partial charge in [0.25, 0.3) is 0 Å². The maximum absolute atomic E-state index is 9.77. The van der Waals surface area contributed by atoms with Crippen molar-refractivity contribution in [2.24, 2.45) is 5.73 Å². The van der Waals surface area contributed by atoms with Crippen molar-refractivity contribution >= 4 is 21.7 Å². The smallest absolute Gasteiger partial charge is 0.303 e. The molecule has 0 aromatic heterocycles. The van der Waals surface area contributed by atoms with Gasteiger partial charge in [-0.25, -0.2) is 0 Å². The van der Waals surface area contributed by atoms with E-state index < -0.39 is 17.7 Å². The molecule has 3 N–H and O–H groups in total. The highest BCUT2D eigenvalue weighted by Crippen LogP contribution is 1.92. The average molecular weight is 109 g/mol. The summed E-state index contributed by atoms with van der Waals surface area (Å²) >= 11 is 0. The largest absolute Gasteiger partial charge is 0.481 e. The highest BCUT2D eigenvalue weighted by atomic mass is 16.4. The van der Waals surface area contributed by atoms with Crippen LogP contribution in [0.1, 0.15) is 6.42 Å². The summed E-state index contributed by atoms with van der Waals surface area (Å²) in [6, 6.07) is 0. The van der Waals surface area contributed by atoms with Crippen molar-refractivity contribution in [2.75, 3.05) is 0 Å². The van der Waals surface area contributed by atoms with Gasteiger partial charge in [-0.2, -0.15) is 0 Å². The Morgan fingerprint density at radius 2 is 2.12 bits per heavy atom. The molecule has 3 nitrogen and oxygen atoms in total. The van der Waals surface area contributed by atoms with Gasteiger partial charge < -0.3 is 10.8 Å². The Morgan fingerprint density at radius 1 is 1.75 bits per heavy atom. The van der Waals surface area contributed by atoms with Crippen LogP contribution >= 0.6 is 0 Å². The first kappa shape index (κ1) is 7.56. The minimum absolute atomic E-state index is 0.424. The highest BCUT2D eigenvalue weighted by Gasteiger charge is 2.13. The number of rotatable bonds is 2. The van der Waals surface area contributed by atoms with Gasteiger partial charge in [-0.3, -0.25) is 4.79 Å². The summed E-state index contributed by atoms with van der Waals surface area (Å²) in [5, 5.41) is 6.43. The molecule has 0 aliphatic rings. The van der Waals surface area contributed by atoms with Gasteiger partial charge in [0.2, 0.25) is 0 Å². The molecule has 0 bridgehead atoms. The van der Waals surface area contributed by atoms with Crippen LogP contribution in [0.4, 0.5) is 0 Å². The molecule has 0 atom stereocenters. The van der Waals surface area contributed by atoms with Crippen molar-refractivity contribution in [3.8, 4) is 0 Å². The van der Waals surface area contributed by atoms with E-state index in [1.807, 2.05) is 0 Å². The third-order valence-electron chi connectivity index (χ3n) is 0.457. The van der Waals surface area contributed by atoms with Gasteiger partial charge in [0.1, 0.15) is 0 Å². The van der Waals surface area contributed by atoms with Crippen molar-refractivity contribution in [1.82, 2.24) is 0 Å². The van der Waals surface area contributed by atoms with E-state index >= 15 is 0 Å². The molecule has 0 aromatic carbocycles. The number of hydrogen-bond donors (Lipinski definition) is 2. The van der Waals surface area contributed by atoms with Gasteiger partial charge in [-0.05, 0) is 5.34 Å². The summed E-state index contributed by atoms with van der Waals surface area (Å²) in [6.07, 6.45) is -0.424. The molecule has 0 saturated carbocycles. The molecule has 0 saturated heterocycles. The predicted molar refractivity (Wildman–Crippen MR) is 30.7 cm³/mol. The number of hydrogen-bond acceptors (Lipinski definition) is 2. The lowest BCUT2D eigenvalue weighted by Crippen LogP contribution is -2.42. The Labute approximate surface area is 50.1 Å². The summed E-state index contributed by atoms with van der Waals surface area (Å²) in [5.41, 5.74) is 4.91. The van der Waals surface area contributed by atoms with Crippen molar-refractivity contribution in [3.63, 3.8) is 0 Å². The van der Waals surface area contributed by atoms with Gasteiger partial charge in [-0.15, -0.1) is 0 Å². The van der Waals surface area contributed by atoms with Gasteiger partial charge in [0.15, 0.2) is 0 Å². The maximum Gasteiger partial charge on any atom is 0.303 e. The van der Waals surface area contributed by atoms with E-state index in [-0.39, 0.29) is 0 Å². The first-order valence-corrected chi connectivity index (χ1v) is 2.00. The van der Waals surface area contributed by atoms with E-state index in [0.717, 1.165) is 0 Å². The van der Waals surface area contributed by atoms with Crippen LogP contribution in [0.15, 0.2) is 0 Å². The second-order valence-electron chi connectivity index (χ2n) is 1.68. The molecule has 0 spiro atoms. The standard InChI is InChI=1S/C3H5B2NO2/c4-3(5,6)1-2(7)8/h1,6H2,(H,7,8). The molecule has 0 unspecified atom stereocenters. The second-order valence-corrected chi connectivity index (χ2v) is 1.68. The number of nitrogens with two attached hydrogens (primary N) is 1. The van der Waals surface area contributed by atoms with Crippen LogP contribution in [0.2, 0.25) is 0 Å². The van der Waals surface area contributed by atoms with Crippen LogP contribution in [-0.2, 0) is 4.79 Å². The molecule has 0 rings (SSSR count). The van der Waals surface area contributed by atoms with E-state index in [1.165, 1.54) is 0 Å². The first-order chi connectivity index (χ1) is 3.42. The van der Waals surface area contributed by atoms with Gasteiger partial charge in [-0.1, -0.05) is 0 Å². The fourth-order valence-electron chi connectivity index (χ4n) is 0.262. The van der Waals surface area contributed by atoms with Crippen molar-refractivity contribution < 1.29 is 9.90 Å². The van der Waals surface area contributed by atoms with Crippen molar-refractivity contribution in [2.45, 2.75) is 11.8 Å². The molecule has 0 amide bonds. The summed E-state index contributed by atoms with van der Waals surface area (Å²) in [6.45, 7) is 0. The summed E-state index contributed by atoms with van der Waals surface area (Å²) < 4.78 is 0. The van der Waals surface area contributed by atoms with Crippen molar-refractivity contribution in [1.29, 1.82) is 0 Å². The molecule has 0 heterocycles.